The number of aromatic hydroxyl groups is 3. The third-order valence-corrected chi connectivity index (χ3v) is 2.21. The largest absolute Gasteiger partial charge is 0.508 e. The van der Waals surface area contributed by atoms with E-state index in [4.69, 9.17) is 5.11 Å². The van der Waals surface area contributed by atoms with Crippen LogP contribution in [0.25, 0.3) is 0 Å². The fourth-order valence-electron chi connectivity index (χ4n) is 1.03. The van der Waals surface area contributed by atoms with E-state index in [0.717, 1.165) is 12.1 Å². The zero-order valence-corrected chi connectivity index (χ0v) is 8.19. The van der Waals surface area contributed by atoms with Gasteiger partial charge in [-0.1, -0.05) is 15.9 Å². The molecule has 1 rings (SSSR count). The fourth-order valence-corrected chi connectivity index (χ4v) is 1.35. The topological polar surface area (TPSA) is 80.9 Å². The molecule has 0 saturated carbocycles. The van der Waals surface area contributed by atoms with Gasteiger partial charge in [0.05, 0.1) is 11.7 Å². The number of aliphatic hydroxyl groups excluding tert-OH is 1. The molecule has 1 atom stereocenters. The zero-order valence-electron chi connectivity index (χ0n) is 6.61. The van der Waals surface area contributed by atoms with Gasteiger partial charge in [-0.25, -0.2) is 0 Å². The van der Waals surface area contributed by atoms with Crippen molar-refractivity contribution in [2.75, 3.05) is 5.33 Å². The lowest BCUT2D eigenvalue weighted by atomic mass is 10.1. The third kappa shape index (κ3) is 2.05. The van der Waals surface area contributed by atoms with Crippen LogP contribution in [0.1, 0.15) is 11.7 Å². The van der Waals surface area contributed by atoms with Crippen LogP contribution in [-0.4, -0.2) is 25.8 Å². The summed E-state index contributed by atoms with van der Waals surface area (Å²) in [5.74, 6) is -0.908. The average molecular weight is 249 g/mol. The number of phenolic OH excluding ortho intramolecular Hbond substituents is 3. The highest BCUT2D eigenvalue weighted by molar-refractivity contribution is 9.09. The summed E-state index contributed by atoms with van der Waals surface area (Å²) in [6, 6.07) is 2.11. The molecular formula is C8H9BrO4. The molecule has 0 amide bonds. The van der Waals surface area contributed by atoms with E-state index in [0.29, 0.717) is 0 Å². The smallest absolute Gasteiger partial charge is 0.128 e. The molecule has 0 spiro atoms. The third-order valence-electron chi connectivity index (χ3n) is 1.60. The molecule has 1 aromatic carbocycles. The Hall–Kier alpha value is -0.940. The van der Waals surface area contributed by atoms with Crippen LogP contribution in [-0.2, 0) is 0 Å². The van der Waals surface area contributed by atoms with Crippen molar-refractivity contribution in [1.82, 2.24) is 0 Å². The van der Waals surface area contributed by atoms with Crippen molar-refractivity contribution in [3.8, 4) is 17.2 Å². The second-order valence-corrected chi connectivity index (χ2v) is 3.22. The van der Waals surface area contributed by atoms with E-state index in [2.05, 4.69) is 15.9 Å². The Balaban J connectivity index is 3.20. The SMILES string of the molecule is Oc1cc(O)c(C(O)CBr)c(O)c1. The minimum absolute atomic E-state index is 0.00896. The zero-order chi connectivity index (χ0) is 10.0. The molecule has 5 heteroatoms. The molecule has 0 saturated heterocycles. The molecule has 0 bridgehead atoms. The number of hydrogen-bond acceptors (Lipinski definition) is 4. The predicted molar refractivity (Wildman–Crippen MR) is 50.2 cm³/mol. The molecule has 4 nitrogen and oxygen atoms in total. The molecule has 0 aliphatic carbocycles. The van der Waals surface area contributed by atoms with Crippen molar-refractivity contribution >= 4 is 15.9 Å². The lowest BCUT2D eigenvalue weighted by Crippen LogP contribution is -1.99. The van der Waals surface area contributed by atoms with E-state index in [1.165, 1.54) is 0 Å². The van der Waals surface area contributed by atoms with Crippen molar-refractivity contribution in [1.29, 1.82) is 0 Å². The van der Waals surface area contributed by atoms with Gasteiger partial charge in [0.2, 0.25) is 0 Å². The van der Waals surface area contributed by atoms with Gasteiger partial charge in [0, 0.05) is 17.5 Å². The predicted octanol–water partition coefficient (Wildman–Crippen LogP) is 1.23. The van der Waals surface area contributed by atoms with Crippen molar-refractivity contribution in [2.45, 2.75) is 6.10 Å². The molecule has 13 heavy (non-hydrogen) atoms. The van der Waals surface area contributed by atoms with Gasteiger partial charge in [0.25, 0.3) is 0 Å². The first-order chi connectivity index (χ1) is 6.06. The van der Waals surface area contributed by atoms with Gasteiger partial charge in [-0.05, 0) is 0 Å². The van der Waals surface area contributed by atoms with Crippen LogP contribution in [0, 0.1) is 0 Å². The molecule has 0 aliphatic heterocycles. The summed E-state index contributed by atoms with van der Waals surface area (Å²) in [4.78, 5) is 0. The molecule has 72 valence electrons. The number of phenols is 3. The molecular weight excluding hydrogens is 240 g/mol. The summed E-state index contributed by atoms with van der Waals surface area (Å²) in [6.07, 6.45) is -0.999. The van der Waals surface area contributed by atoms with Gasteiger partial charge in [-0.3, -0.25) is 0 Å². The van der Waals surface area contributed by atoms with Crippen molar-refractivity contribution in [3.05, 3.63) is 17.7 Å². The number of alkyl halides is 1. The van der Waals surface area contributed by atoms with Crippen molar-refractivity contribution < 1.29 is 20.4 Å². The van der Waals surface area contributed by atoms with Crippen LogP contribution in [0.3, 0.4) is 0 Å². The summed E-state index contributed by atoms with van der Waals surface area (Å²) in [6.45, 7) is 0. The number of hydrogen-bond donors (Lipinski definition) is 4. The average Bonchev–Trinajstić information content (AvgIpc) is 2.02. The Bertz CT molecular complexity index is 290. The second-order valence-electron chi connectivity index (χ2n) is 2.57. The minimum atomic E-state index is -0.999. The van der Waals surface area contributed by atoms with Gasteiger partial charge < -0.3 is 20.4 Å². The van der Waals surface area contributed by atoms with Crippen LogP contribution in [0.2, 0.25) is 0 Å². The molecule has 0 aromatic heterocycles. The highest BCUT2D eigenvalue weighted by atomic mass is 79.9. The van der Waals surface area contributed by atoms with Crippen LogP contribution in [0.4, 0.5) is 0 Å². The van der Waals surface area contributed by atoms with Crippen LogP contribution < -0.4 is 0 Å². The maximum Gasteiger partial charge on any atom is 0.128 e. The maximum absolute atomic E-state index is 9.33. The Labute approximate surface area is 83.2 Å². The molecule has 1 aromatic rings. The normalized spacial score (nSPS) is 12.8. The van der Waals surface area contributed by atoms with Gasteiger partial charge in [0.15, 0.2) is 0 Å². The van der Waals surface area contributed by atoms with E-state index < -0.39 is 6.10 Å². The van der Waals surface area contributed by atoms with Gasteiger partial charge in [0.1, 0.15) is 17.2 Å². The molecule has 0 radical (unpaired) electrons. The summed E-state index contributed by atoms with van der Waals surface area (Å²) >= 11 is 3.00. The van der Waals surface area contributed by atoms with E-state index in [1.807, 2.05) is 0 Å². The van der Waals surface area contributed by atoms with Gasteiger partial charge in [-0.2, -0.15) is 0 Å². The van der Waals surface area contributed by atoms with E-state index in [1.54, 1.807) is 0 Å². The molecule has 0 aliphatic rings. The minimum Gasteiger partial charge on any atom is -0.508 e. The summed E-state index contributed by atoms with van der Waals surface area (Å²) in [5, 5.41) is 37.0. The monoisotopic (exact) mass is 248 g/mol. The summed E-state index contributed by atoms with van der Waals surface area (Å²) in [7, 11) is 0. The van der Waals surface area contributed by atoms with Crippen LogP contribution in [0.15, 0.2) is 12.1 Å². The Morgan fingerprint density at radius 3 is 2.00 bits per heavy atom. The summed E-state index contributed by atoms with van der Waals surface area (Å²) in [5.41, 5.74) is 0.00896. The van der Waals surface area contributed by atoms with Crippen molar-refractivity contribution in [2.24, 2.45) is 0 Å². The number of benzene rings is 1. The molecule has 0 fully saturated rings. The highest BCUT2D eigenvalue weighted by Gasteiger charge is 2.16. The first kappa shape index (κ1) is 10.1. The Morgan fingerprint density at radius 2 is 1.62 bits per heavy atom. The maximum atomic E-state index is 9.33. The highest BCUT2D eigenvalue weighted by Crippen LogP contribution is 2.36. The van der Waals surface area contributed by atoms with Gasteiger partial charge in [-0.15, -0.1) is 0 Å². The van der Waals surface area contributed by atoms with Gasteiger partial charge >= 0.3 is 0 Å². The summed E-state index contributed by atoms with van der Waals surface area (Å²) < 4.78 is 0. The van der Waals surface area contributed by atoms with Crippen LogP contribution >= 0.6 is 15.9 Å². The van der Waals surface area contributed by atoms with E-state index in [-0.39, 0.29) is 28.1 Å². The first-order valence-corrected chi connectivity index (χ1v) is 4.67. The lowest BCUT2D eigenvalue weighted by Gasteiger charge is -2.11. The van der Waals surface area contributed by atoms with E-state index >= 15 is 0 Å². The van der Waals surface area contributed by atoms with Crippen molar-refractivity contribution in [3.63, 3.8) is 0 Å². The number of halogens is 1. The lowest BCUT2D eigenvalue weighted by molar-refractivity contribution is 0.196. The number of rotatable bonds is 2. The first-order valence-electron chi connectivity index (χ1n) is 3.55. The van der Waals surface area contributed by atoms with E-state index in [9.17, 15) is 15.3 Å². The number of aliphatic hydroxyl groups is 1. The fraction of sp³-hybridized carbons (Fsp3) is 0.250. The molecule has 1 unspecified atom stereocenters. The molecule has 0 heterocycles. The standard InChI is InChI=1S/C8H9BrO4/c9-3-7(13)8-5(11)1-4(10)2-6(8)12/h1-2,7,10-13H,3H2. The Morgan fingerprint density at radius 1 is 1.15 bits per heavy atom. The quantitative estimate of drug-likeness (QED) is 0.594. The molecule has 4 N–H and O–H groups in total. The second kappa shape index (κ2) is 3.85. The Kier molecular flexibility index (Phi) is 3.00. The van der Waals surface area contributed by atoms with Crippen LogP contribution in [0.5, 0.6) is 17.2 Å².